The van der Waals surface area contributed by atoms with Crippen molar-refractivity contribution in [2.24, 2.45) is 0 Å². The molecule has 0 aromatic heterocycles. The molecule has 0 amide bonds. The number of rotatable bonds is 7. The van der Waals surface area contributed by atoms with Crippen molar-refractivity contribution in [3.63, 3.8) is 0 Å². The summed E-state index contributed by atoms with van der Waals surface area (Å²) in [6.45, 7) is 2.14. The van der Waals surface area contributed by atoms with Crippen LogP contribution in [0.25, 0.3) is 0 Å². The van der Waals surface area contributed by atoms with E-state index >= 15 is 0 Å². The summed E-state index contributed by atoms with van der Waals surface area (Å²) in [5, 5.41) is 11.6. The fourth-order valence-electron chi connectivity index (χ4n) is 3.44. The molecule has 140 valence electrons. The van der Waals surface area contributed by atoms with Crippen molar-refractivity contribution in [1.82, 2.24) is 0 Å². The summed E-state index contributed by atoms with van der Waals surface area (Å²) in [6, 6.07) is 15.4. The third-order valence-corrected chi connectivity index (χ3v) is 5.83. The summed E-state index contributed by atoms with van der Waals surface area (Å²) in [7, 11) is 3.29. The molecule has 3 rings (SSSR count). The van der Waals surface area contributed by atoms with Gasteiger partial charge >= 0.3 is 0 Å². The van der Waals surface area contributed by atoms with Gasteiger partial charge in [0.15, 0.2) is 0 Å². The van der Waals surface area contributed by atoms with Crippen molar-refractivity contribution in [1.29, 1.82) is 0 Å². The fraction of sp³-hybridized carbons (Fsp3) is 0.429. The van der Waals surface area contributed by atoms with Crippen LogP contribution in [0, 0.1) is 0 Å². The minimum absolute atomic E-state index is 0.0131. The van der Waals surface area contributed by atoms with Crippen molar-refractivity contribution in [2.45, 2.75) is 31.2 Å². The predicted molar refractivity (Wildman–Crippen MR) is 105 cm³/mol. The van der Waals surface area contributed by atoms with Gasteiger partial charge < -0.3 is 19.3 Å². The average Bonchev–Trinajstić information content (AvgIpc) is 3.04. The minimum Gasteiger partial charge on any atom is -0.497 e. The van der Waals surface area contributed by atoms with E-state index in [1.165, 1.54) is 0 Å². The number of methoxy groups -OCH3 is 2. The third kappa shape index (κ3) is 3.85. The summed E-state index contributed by atoms with van der Waals surface area (Å²) in [5.41, 5.74) is 0.732. The Balaban J connectivity index is 1.93. The maximum Gasteiger partial charge on any atom is 0.122 e. The number of benzene rings is 2. The molecule has 0 saturated carbocycles. The summed E-state index contributed by atoms with van der Waals surface area (Å²) in [4.78, 5) is 0. The second-order valence-electron chi connectivity index (χ2n) is 6.43. The zero-order valence-electron chi connectivity index (χ0n) is 15.5. The summed E-state index contributed by atoms with van der Waals surface area (Å²) in [6.07, 6.45) is 0.173. The topological polar surface area (TPSA) is 47.9 Å². The van der Waals surface area contributed by atoms with E-state index in [1.54, 1.807) is 14.2 Å². The summed E-state index contributed by atoms with van der Waals surface area (Å²) < 4.78 is 16.8. The normalized spacial score (nSPS) is 25.2. The van der Waals surface area contributed by atoms with E-state index in [9.17, 15) is 5.11 Å². The lowest BCUT2D eigenvalue weighted by molar-refractivity contribution is -0.0515. The van der Waals surface area contributed by atoms with Gasteiger partial charge in [-0.1, -0.05) is 31.2 Å². The summed E-state index contributed by atoms with van der Waals surface area (Å²) in [5.74, 6) is 3.48. The predicted octanol–water partition coefficient (Wildman–Crippen LogP) is 4.17. The Labute approximate surface area is 159 Å². The molecule has 2 aromatic rings. The van der Waals surface area contributed by atoms with Gasteiger partial charge in [0.05, 0.1) is 20.3 Å². The van der Waals surface area contributed by atoms with Gasteiger partial charge in [0.2, 0.25) is 0 Å². The zero-order valence-corrected chi connectivity index (χ0v) is 16.3. The number of hydrogen-bond acceptors (Lipinski definition) is 5. The zero-order chi connectivity index (χ0) is 18.6. The highest BCUT2D eigenvalue weighted by atomic mass is 32.2. The van der Waals surface area contributed by atoms with E-state index in [0.717, 1.165) is 34.1 Å². The summed E-state index contributed by atoms with van der Waals surface area (Å²) >= 11 is 1.83. The maximum absolute atomic E-state index is 11.6. The van der Waals surface area contributed by atoms with Gasteiger partial charge in [-0.3, -0.25) is 0 Å². The maximum atomic E-state index is 11.6. The van der Waals surface area contributed by atoms with Crippen molar-refractivity contribution in [3.05, 3.63) is 59.7 Å². The first-order chi connectivity index (χ1) is 12.6. The first-order valence-corrected chi connectivity index (χ1v) is 10.00. The number of thioether (sulfide) groups is 1. The fourth-order valence-corrected chi connectivity index (χ4v) is 4.13. The van der Waals surface area contributed by atoms with Crippen LogP contribution in [-0.4, -0.2) is 36.9 Å². The van der Waals surface area contributed by atoms with Gasteiger partial charge in [-0.25, -0.2) is 0 Å². The molecule has 0 spiro atoms. The average molecular weight is 375 g/mol. The lowest BCUT2D eigenvalue weighted by Gasteiger charge is -2.29. The second-order valence-corrected chi connectivity index (χ2v) is 7.75. The van der Waals surface area contributed by atoms with Gasteiger partial charge in [0, 0.05) is 12.2 Å². The molecule has 26 heavy (non-hydrogen) atoms. The van der Waals surface area contributed by atoms with Crippen LogP contribution in [0.4, 0.5) is 0 Å². The van der Waals surface area contributed by atoms with E-state index in [-0.39, 0.29) is 6.10 Å². The molecule has 1 aliphatic rings. The monoisotopic (exact) mass is 374 g/mol. The highest BCUT2D eigenvalue weighted by Gasteiger charge is 2.49. The molecule has 1 N–H and O–H groups in total. The molecule has 1 saturated heterocycles. The van der Waals surface area contributed by atoms with Gasteiger partial charge in [-0.15, -0.1) is 0 Å². The smallest absolute Gasteiger partial charge is 0.122 e. The quantitative estimate of drug-likeness (QED) is 0.788. The molecule has 0 unspecified atom stereocenters. The van der Waals surface area contributed by atoms with Crippen LogP contribution in [0.5, 0.6) is 11.5 Å². The molecule has 5 heteroatoms. The van der Waals surface area contributed by atoms with Crippen LogP contribution in [0.1, 0.15) is 30.6 Å². The molecule has 0 aliphatic carbocycles. The Morgan fingerprint density at radius 1 is 1.04 bits per heavy atom. The first kappa shape index (κ1) is 19.1. The van der Waals surface area contributed by atoms with Crippen molar-refractivity contribution in [3.8, 4) is 11.5 Å². The molecule has 0 radical (unpaired) electrons. The Hall–Kier alpha value is -1.69. The molecule has 3 atom stereocenters. The molecular weight excluding hydrogens is 348 g/mol. The molecule has 4 nitrogen and oxygen atoms in total. The molecule has 2 aromatic carbocycles. The third-order valence-electron chi connectivity index (χ3n) is 4.82. The van der Waals surface area contributed by atoms with Crippen LogP contribution in [-0.2, 0) is 10.3 Å². The van der Waals surface area contributed by atoms with E-state index in [1.807, 2.05) is 60.3 Å². The van der Waals surface area contributed by atoms with Crippen molar-refractivity contribution in [2.75, 3.05) is 25.7 Å². The number of aliphatic hydroxyl groups is 1. The van der Waals surface area contributed by atoms with E-state index < -0.39 is 11.7 Å². The van der Waals surface area contributed by atoms with Gasteiger partial charge in [-0.2, -0.15) is 11.8 Å². The molecular formula is C21H26O4S. The highest BCUT2D eigenvalue weighted by Crippen LogP contribution is 2.49. The Bertz CT molecular complexity index is 701. The Kier molecular flexibility index (Phi) is 6.12. The van der Waals surface area contributed by atoms with E-state index in [4.69, 9.17) is 14.2 Å². The SMILES string of the molecule is CCSC[C@H]1C[C@@](O)(c2ccc(OC)cc2)[C@H](c2ccc(OC)cc2)O1. The molecule has 1 aliphatic heterocycles. The van der Waals surface area contributed by atoms with Gasteiger partial charge in [0.1, 0.15) is 23.2 Å². The molecule has 1 heterocycles. The van der Waals surface area contributed by atoms with Crippen molar-refractivity contribution >= 4 is 11.8 Å². The Morgan fingerprint density at radius 3 is 2.15 bits per heavy atom. The van der Waals surface area contributed by atoms with Crippen LogP contribution in [0.2, 0.25) is 0 Å². The van der Waals surface area contributed by atoms with E-state index in [0.29, 0.717) is 6.42 Å². The standard InChI is InChI=1S/C21H26O4S/c1-4-26-14-19-13-21(22,16-7-11-18(24-3)12-8-16)20(25-19)15-5-9-17(23-2)10-6-15/h5-12,19-20,22H,4,13-14H2,1-3H3/t19-,20+,21-/m1/s1. The lowest BCUT2D eigenvalue weighted by atomic mass is 9.83. The Morgan fingerprint density at radius 2 is 1.62 bits per heavy atom. The number of hydrogen-bond donors (Lipinski definition) is 1. The van der Waals surface area contributed by atoms with Crippen molar-refractivity contribution < 1.29 is 19.3 Å². The number of ether oxygens (including phenoxy) is 3. The lowest BCUT2D eigenvalue weighted by Crippen LogP contribution is -2.29. The van der Waals surface area contributed by atoms with Crippen LogP contribution in [0.15, 0.2) is 48.5 Å². The largest absolute Gasteiger partial charge is 0.497 e. The van der Waals surface area contributed by atoms with Crippen LogP contribution < -0.4 is 9.47 Å². The second kappa shape index (κ2) is 8.33. The minimum atomic E-state index is -1.07. The van der Waals surface area contributed by atoms with E-state index in [2.05, 4.69) is 6.92 Å². The molecule has 0 bridgehead atoms. The van der Waals surface area contributed by atoms with Crippen LogP contribution in [0.3, 0.4) is 0 Å². The van der Waals surface area contributed by atoms with Crippen LogP contribution >= 0.6 is 11.8 Å². The highest BCUT2D eigenvalue weighted by molar-refractivity contribution is 7.99. The molecule has 1 fully saturated rings. The van der Waals surface area contributed by atoms with Gasteiger partial charge in [-0.05, 0) is 41.1 Å². The van der Waals surface area contributed by atoms with Gasteiger partial charge in [0.25, 0.3) is 0 Å². The first-order valence-electron chi connectivity index (χ1n) is 8.84.